The zero-order chi connectivity index (χ0) is 15.6. The molecule has 4 heteroatoms. The van der Waals surface area contributed by atoms with Crippen LogP contribution in [0.2, 0.25) is 5.02 Å². The van der Waals surface area contributed by atoms with Crippen molar-refractivity contribution < 1.29 is 0 Å². The van der Waals surface area contributed by atoms with Crippen LogP contribution in [0.25, 0.3) is 0 Å². The van der Waals surface area contributed by atoms with Crippen LogP contribution < -0.4 is 11.1 Å². The van der Waals surface area contributed by atoms with Crippen LogP contribution >= 0.6 is 23.8 Å². The Kier molecular flexibility index (Phi) is 4.55. The van der Waals surface area contributed by atoms with Crippen molar-refractivity contribution in [3.8, 4) is 0 Å². The summed E-state index contributed by atoms with van der Waals surface area (Å²) < 4.78 is 0. The molecular formula is C17H19ClN2S. The Morgan fingerprint density at radius 2 is 1.71 bits per heavy atom. The summed E-state index contributed by atoms with van der Waals surface area (Å²) in [4.78, 5) is 0.348. The van der Waals surface area contributed by atoms with Gasteiger partial charge in [-0.25, -0.2) is 0 Å². The second kappa shape index (κ2) is 6.04. The average Bonchev–Trinajstić information content (AvgIpc) is 2.38. The lowest BCUT2D eigenvalue weighted by molar-refractivity contribution is 0.590. The van der Waals surface area contributed by atoms with E-state index in [-0.39, 0.29) is 5.41 Å². The minimum absolute atomic E-state index is 0.137. The number of halogens is 1. The third-order valence-electron chi connectivity index (χ3n) is 3.28. The predicted octanol–water partition coefficient (Wildman–Crippen LogP) is 5.02. The number of rotatable bonds is 3. The normalized spacial score (nSPS) is 11.2. The van der Waals surface area contributed by atoms with Crippen molar-refractivity contribution >= 4 is 40.2 Å². The summed E-state index contributed by atoms with van der Waals surface area (Å²) in [5.74, 6) is 0. The van der Waals surface area contributed by atoms with Crippen molar-refractivity contribution in [2.45, 2.75) is 26.2 Å². The lowest BCUT2D eigenvalue weighted by atomic mass is 9.87. The zero-order valence-corrected chi connectivity index (χ0v) is 14.0. The largest absolute Gasteiger partial charge is 0.389 e. The molecular weight excluding hydrogens is 300 g/mol. The summed E-state index contributed by atoms with van der Waals surface area (Å²) in [7, 11) is 0. The molecule has 0 aliphatic rings. The van der Waals surface area contributed by atoms with Crippen molar-refractivity contribution in [1.82, 2.24) is 0 Å². The molecule has 2 aromatic rings. The molecule has 0 atom stereocenters. The van der Waals surface area contributed by atoms with E-state index >= 15 is 0 Å². The van der Waals surface area contributed by atoms with E-state index in [0.29, 0.717) is 10.0 Å². The van der Waals surface area contributed by atoms with Crippen LogP contribution in [0.1, 0.15) is 31.9 Å². The molecule has 0 spiro atoms. The number of anilines is 2. The molecule has 0 fully saturated rings. The van der Waals surface area contributed by atoms with Gasteiger partial charge in [-0.05, 0) is 41.3 Å². The average molecular weight is 319 g/mol. The maximum Gasteiger partial charge on any atom is 0.106 e. The SMILES string of the molecule is CC(C)(C)c1ccc(Nc2cc(Cl)ccc2C(N)=S)cc1. The molecule has 0 saturated carbocycles. The topological polar surface area (TPSA) is 38.0 Å². The van der Waals surface area contributed by atoms with Crippen LogP contribution in [0.4, 0.5) is 11.4 Å². The third kappa shape index (κ3) is 3.96. The Morgan fingerprint density at radius 1 is 1.10 bits per heavy atom. The van der Waals surface area contributed by atoms with E-state index in [9.17, 15) is 0 Å². The van der Waals surface area contributed by atoms with Gasteiger partial charge in [0.15, 0.2) is 0 Å². The molecule has 0 unspecified atom stereocenters. The molecule has 0 radical (unpaired) electrons. The van der Waals surface area contributed by atoms with Gasteiger partial charge in [-0.2, -0.15) is 0 Å². The minimum Gasteiger partial charge on any atom is -0.389 e. The van der Waals surface area contributed by atoms with Crippen LogP contribution in [0, 0.1) is 0 Å². The summed E-state index contributed by atoms with van der Waals surface area (Å²) in [6.07, 6.45) is 0. The molecule has 0 heterocycles. The van der Waals surface area contributed by atoms with Gasteiger partial charge < -0.3 is 11.1 Å². The molecule has 0 saturated heterocycles. The molecule has 21 heavy (non-hydrogen) atoms. The van der Waals surface area contributed by atoms with E-state index in [1.165, 1.54) is 5.56 Å². The first-order chi connectivity index (χ1) is 9.77. The molecule has 0 amide bonds. The smallest absolute Gasteiger partial charge is 0.106 e. The molecule has 2 aromatic carbocycles. The maximum atomic E-state index is 6.05. The maximum absolute atomic E-state index is 6.05. The molecule has 0 bridgehead atoms. The molecule has 3 N–H and O–H groups in total. The molecule has 0 aliphatic heterocycles. The van der Waals surface area contributed by atoms with E-state index in [1.807, 2.05) is 24.3 Å². The Bertz CT molecular complexity index is 657. The van der Waals surface area contributed by atoms with Gasteiger partial charge in [0.05, 0.1) is 5.69 Å². The summed E-state index contributed by atoms with van der Waals surface area (Å²) in [6.45, 7) is 6.58. The zero-order valence-electron chi connectivity index (χ0n) is 12.4. The lowest BCUT2D eigenvalue weighted by Gasteiger charge is -2.19. The summed E-state index contributed by atoms with van der Waals surface area (Å²) in [5.41, 5.74) is 9.75. The van der Waals surface area contributed by atoms with Crippen molar-refractivity contribution in [3.63, 3.8) is 0 Å². The molecule has 0 aliphatic carbocycles. The van der Waals surface area contributed by atoms with Crippen molar-refractivity contribution in [2.75, 3.05) is 5.32 Å². The van der Waals surface area contributed by atoms with E-state index < -0.39 is 0 Å². The number of thiocarbonyl (C=S) groups is 1. The number of hydrogen-bond donors (Lipinski definition) is 2. The van der Waals surface area contributed by atoms with Gasteiger partial charge >= 0.3 is 0 Å². The van der Waals surface area contributed by atoms with Crippen LogP contribution in [0.15, 0.2) is 42.5 Å². The first-order valence-corrected chi connectivity index (χ1v) is 7.53. The van der Waals surface area contributed by atoms with Crippen molar-refractivity contribution in [1.29, 1.82) is 0 Å². The number of nitrogens with one attached hydrogen (secondary N) is 1. The highest BCUT2D eigenvalue weighted by Gasteiger charge is 2.13. The molecule has 2 nitrogen and oxygen atoms in total. The summed E-state index contributed by atoms with van der Waals surface area (Å²) in [6, 6.07) is 13.8. The lowest BCUT2D eigenvalue weighted by Crippen LogP contribution is -2.12. The number of nitrogens with two attached hydrogens (primary N) is 1. The Hall–Kier alpha value is -1.58. The van der Waals surface area contributed by atoms with Crippen LogP contribution in [0.3, 0.4) is 0 Å². The fraction of sp³-hybridized carbons (Fsp3) is 0.235. The Labute approximate surface area is 136 Å². The summed E-state index contributed by atoms with van der Waals surface area (Å²) >= 11 is 11.1. The second-order valence-corrected chi connectivity index (χ2v) is 6.88. The first-order valence-electron chi connectivity index (χ1n) is 6.74. The summed E-state index contributed by atoms with van der Waals surface area (Å²) in [5, 5.41) is 3.96. The van der Waals surface area contributed by atoms with Gasteiger partial charge in [-0.1, -0.05) is 56.7 Å². The van der Waals surface area contributed by atoms with Crippen molar-refractivity contribution in [2.24, 2.45) is 5.73 Å². The fourth-order valence-electron chi connectivity index (χ4n) is 2.04. The van der Waals surface area contributed by atoms with Crippen LogP contribution in [-0.2, 0) is 5.41 Å². The molecule has 110 valence electrons. The Morgan fingerprint density at radius 3 is 2.24 bits per heavy atom. The van der Waals surface area contributed by atoms with Gasteiger partial charge in [-0.3, -0.25) is 0 Å². The second-order valence-electron chi connectivity index (χ2n) is 6.01. The monoisotopic (exact) mass is 318 g/mol. The van der Waals surface area contributed by atoms with Gasteiger partial charge in [-0.15, -0.1) is 0 Å². The van der Waals surface area contributed by atoms with E-state index in [1.54, 1.807) is 6.07 Å². The van der Waals surface area contributed by atoms with Gasteiger partial charge in [0, 0.05) is 16.3 Å². The number of benzene rings is 2. The Balaban J connectivity index is 2.30. The highest BCUT2D eigenvalue weighted by Crippen LogP contribution is 2.27. The van der Waals surface area contributed by atoms with E-state index in [2.05, 4.69) is 38.2 Å². The predicted molar refractivity (Wildman–Crippen MR) is 95.8 cm³/mol. The standard InChI is InChI=1S/C17H19ClN2S/c1-17(2,3)11-4-7-13(8-5-11)20-15-10-12(18)6-9-14(15)16(19)21/h4-10,20H,1-3H3,(H2,19,21). The van der Waals surface area contributed by atoms with Crippen LogP contribution in [0.5, 0.6) is 0 Å². The van der Waals surface area contributed by atoms with E-state index in [0.717, 1.165) is 16.9 Å². The third-order valence-corrected chi connectivity index (χ3v) is 3.73. The van der Waals surface area contributed by atoms with E-state index in [4.69, 9.17) is 29.6 Å². The van der Waals surface area contributed by atoms with Gasteiger partial charge in [0.25, 0.3) is 0 Å². The first kappa shape index (κ1) is 15.8. The van der Waals surface area contributed by atoms with Crippen molar-refractivity contribution in [3.05, 3.63) is 58.6 Å². The minimum atomic E-state index is 0.137. The fourth-order valence-corrected chi connectivity index (χ4v) is 2.39. The van der Waals surface area contributed by atoms with Gasteiger partial charge in [0.2, 0.25) is 0 Å². The molecule has 2 rings (SSSR count). The van der Waals surface area contributed by atoms with Gasteiger partial charge in [0.1, 0.15) is 4.99 Å². The molecule has 0 aromatic heterocycles. The quantitative estimate of drug-likeness (QED) is 0.781. The van der Waals surface area contributed by atoms with Crippen LogP contribution in [-0.4, -0.2) is 4.99 Å². The highest BCUT2D eigenvalue weighted by atomic mass is 35.5. The number of hydrogen-bond acceptors (Lipinski definition) is 2. The highest BCUT2D eigenvalue weighted by molar-refractivity contribution is 7.80.